The Morgan fingerprint density at radius 3 is 0.919 bits per heavy atom. The molecule has 0 radical (unpaired) electrons. The molecule has 0 aliphatic carbocycles. The summed E-state index contributed by atoms with van der Waals surface area (Å²) in [6.07, 6.45) is 87.0. The summed E-state index contributed by atoms with van der Waals surface area (Å²) >= 11 is 0. The molecular weight excluding hydrogens is 1290 g/mol. The number of esters is 3. The van der Waals surface area contributed by atoms with E-state index in [-0.39, 0.29) is 19.3 Å². The minimum atomic E-state index is -4.94. The van der Waals surface area contributed by atoms with Gasteiger partial charge in [-0.15, -0.1) is 0 Å². The van der Waals surface area contributed by atoms with E-state index in [0.29, 0.717) is 25.7 Å². The fourth-order valence-electron chi connectivity index (χ4n) is 10.2. The van der Waals surface area contributed by atoms with Crippen LogP contribution in [-0.2, 0) is 55.8 Å². The van der Waals surface area contributed by atoms with Gasteiger partial charge in [0, 0.05) is 19.3 Å². The Morgan fingerprint density at radius 2 is 0.545 bits per heavy atom. The molecule has 18 heteroatoms. The molecule has 0 saturated carbocycles. The quantitative estimate of drug-likeness (QED) is 0.0146. The molecule has 5 unspecified atom stereocenters. The zero-order valence-electron chi connectivity index (χ0n) is 62.1. The molecule has 0 aromatic heterocycles. The van der Waals surface area contributed by atoms with Crippen molar-refractivity contribution in [2.24, 2.45) is 0 Å². The highest BCUT2D eigenvalue weighted by Crippen LogP contribution is 2.45. The van der Waals surface area contributed by atoms with E-state index in [2.05, 4.69) is 130 Å². The van der Waals surface area contributed by atoms with E-state index in [1.54, 1.807) is 0 Å². The number of unbranched alkanes of at least 4 members (excludes halogenated alkanes) is 30. The monoisotopic (exact) mass is 1430 g/mol. The largest absolute Gasteiger partial charge is 0.472 e. The zero-order valence-corrected chi connectivity index (χ0v) is 63.9. The van der Waals surface area contributed by atoms with Crippen molar-refractivity contribution < 1.29 is 75.8 Å². The van der Waals surface area contributed by atoms with E-state index in [0.717, 1.165) is 109 Å². The first-order chi connectivity index (χ1) is 48.2. The molecule has 0 aliphatic rings. The summed E-state index contributed by atoms with van der Waals surface area (Å²) in [5.74, 6) is -1.65. The van der Waals surface area contributed by atoms with Gasteiger partial charge in [-0.3, -0.25) is 32.5 Å². The van der Waals surface area contributed by atoms with Crippen molar-refractivity contribution in [3.8, 4) is 0 Å². The molecular formula is C81H140O16P2. The maximum absolute atomic E-state index is 12.9. The van der Waals surface area contributed by atoms with Crippen molar-refractivity contribution in [2.75, 3.05) is 39.6 Å². The molecule has 0 fully saturated rings. The number of phosphoric acid groups is 2. The summed E-state index contributed by atoms with van der Waals surface area (Å²) in [7, 11) is -9.80. The van der Waals surface area contributed by atoms with Gasteiger partial charge in [0.15, 0.2) is 6.10 Å². The highest BCUT2D eigenvalue weighted by Gasteiger charge is 2.29. The van der Waals surface area contributed by atoms with Gasteiger partial charge in [-0.05, 0) is 128 Å². The van der Waals surface area contributed by atoms with Crippen molar-refractivity contribution in [1.29, 1.82) is 0 Å². The van der Waals surface area contributed by atoms with Crippen molar-refractivity contribution in [1.82, 2.24) is 0 Å². The van der Waals surface area contributed by atoms with Gasteiger partial charge in [0.25, 0.3) is 0 Å². The first kappa shape index (κ1) is 94.9. The maximum Gasteiger partial charge on any atom is 0.472 e. The molecule has 99 heavy (non-hydrogen) atoms. The van der Waals surface area contributed by atoms with Gasteiger partial charge in [0.05, 0.1) is 26.4 Å². The highest BCUT2D eigenvalue weighted by molar-refractivity contribution is 7.47. The fraction of sp³-hybridized carbons (Fsp3) is 0.716. The molecule has 0 spiro atoms. The summed E-state index contributed by atoms with van der Waals surface area (Å²) in [6, 6.07) is 0. The number of carbonyl (C=O) groups excluding carboxylic acids is 3. The molecule has 0 bridgehead atoms. The van der Waals surface area contributed by atoms with E-state index in [9.17, 15) is 43.5 Å². The predicted molar refractivity (Wildman–Crippen MR) is 408 cm³/mol. The lowest BCUT2D eigenvalue weighted by atomic mass is 10.0. The van der Waals surface area contributed by atoms with Gasteiger partial charge in [0.2, 0.25) is 0 Å². The maximum atomic E-state index is 12.9. The fourth-order valence-corrected chi connectivity index (χ4v) is 11.8. The smallest absolute Gasteiger partial charge is 0.463 e. The average Bonchev–Trinajstić information content (AvgIpc) is 1.11. The Hall–Kier alpha value is -4.05. The lowest BCUT2D eigenvalue weighted by Crippen LogP contribution is -2.30. The van der Waals surface area contributed by atoms with Crippen LogP contribution in [0.25, 0.3) is 0 Å². The third kappa shape index (κ3) is 74.9. The van der Waals surface area contributed by atoms with E-state index in [4.69, 9.17) is 32.3 Å². The second-order valence-electron chi connectivity index (χ2n) is 25.8. The number of hydrogen-bond acceptors (Lipinski definition) is 14. The molecule has 0 rings (SSSR count). The second-order valence-corrected chi connectivity index (χ2v) is 28.7. The first-order valence-electron chi connectivity index (χ1n) is 38.8. The first-order valence-corrected chi connectivity index (χ1v) is 41.8. The van der Waals surface area contributed by atoms with Crippen LogP contribution in [0.4, 0.5) is 0 Å². The van der Waals surface area contributed by atoms with Crippen molar-refractivity contribution >= 4 is 33.6 Å². The lowest BCUT2D eigenvalue weighted by Gasteiger charge is -2.21. The standard InChI is InChI=1S/C81H140O16P2/c1-4-7-10-13-16-19-22-25-28-30-31-32-33-34-35-36-37-38-39-40-41-42-43-45-48-49-52-55-58-61-64-67-79(84)91-70-76(82)71-93-98(87,88)94-72-77(83)73-95-99(89,90)96-75-78(97-81(86)69-66-63-60-57-54-51-46-27-24-21-18-15-12-9-6-3)74-92-80(85)68-65-62-59-56-53-50-47-44-29-26-23-20-17-14-11-8-5-2/h8,11,16-17,19-20,25-29,31-32,34-35,46-47,50,56,59,76-78,82-83H,4-7,9-10,12-15,18,21-24,30,33,36-45,48-49,51-55,57-58,60-75H2,1-3H3,(H,87,88)(H,89,90)/b11-8-,19-16-,20-17-,28-25-,29-26-,32-31-,35-34-,46-27-,50-47-,59-56-. The molecule has 0 heterocycles. The van der Waals surface area contributed by atoms with Crippen molar-refractivity contribution in [3.05, 3.63) is 122 Å². The molecule has 0 aliphatic heterocycles. The van der Waals surface area contributed by atoms with Crippen LogP contribution in [0.15, 0.2) is 122 Å². The number of allylic oxidation sites excluding steroid dienone is 20. The third-order valence-electron chi connectivity index (χ3n) is 16.1. The molecule has 16 nitrogen and oxygen atoms in total. The molecule has 570 valence electrons. The topological polar surface area (TPSA) is 231 Å². The molecule has 4 N–H and O–H groups in total. The molecule has 5 atom stereocenters. The summed E-state index contributed by atoms with van der Waals surface area (Å²) in [6.45, 7) is 2.47. The molecule has 0 aromatic rings. The minimum absolute atomic E-state index is 0.0810. The van der Waals surface area contributed by atoms with Gasteiger partial charge >= 0.3 is 33.6 Å². The summed E-state index contributed by atoms with van der Waals surface area (Å²) in [4.78, 5) is 58.5. The van der Waals surface area contributed by atoms with E-state index < -0.39 is 91.5 Å². The van der Waals surface area contributed by atoms with Gasteiger partial charge in [-0.25, -0.2) is 9.13 Å². The Kier molecular flexibility index (Phi) is 70.7. The van der Waals surface area contributed by atoms with E-state index >= 15 is 0 Å². The van der Waals surface area contributed by atoms with Crippen molar-refractivity contribution in [3.63, 3.8) is 0 Å². The lowest BCUT2D eigenvalue weighted by molar-refractivity contribution is -0.161. The summed E-state index contributed by atoms with van der Waals surface area (Å²) in [5.41, 5.74) is 0. The van der Waals surface area contributed by atoms with Gasteiger partial charge in [-0.2, -0.15) is 0 Å². The number of carbonyl (C=O) groups is 3. The van der Waals surface area contributed by atoms with E-state index in [1.807, 2.05) is 12.2 Å². The normalized spacial score (nSPS) is 14.7. The number of rotatable bonds is 73. The van der Waals surface area contributed by atoms with Crippen LogP contribution in [-0.4, -0.2) is 95.9 Å². The number of phosphoric ester groups is 2. The van der Waals surface area contributed by atoms with Crippen LogP contribution in [0, 0.1) is 0 Å². The zero-order chi connectivity index (χ0) is 72.3. The van der Waals surface area contributed by atoms with Crippen LogP contribution in [0.1, 0.15) is 316 Å². The Bertz CT molecular complexity index is 2290. The Balaban J connectivity index is 4.49. The molecule has 0 amide bonds. The molecule has 0 saturated heterocycles. The van der Waals surface area contributed by atoms with Crippen molar-refractivity contribution in [2.45, 2.75) is 334 Å². The predicted octanol–water partition coefficient (Wildman–Crippen LogP) is 22.5. The number of ether oxygens (including phenoxy) is 3. The summed E-state index contributed by atoms with van der Waals surface area (Å²) in [5, 5.41) is 20.6. The van der Waals surface area contributed by atoms with Crippen LogP contribution in [0.5, 0.6) is 0 Å². The van der Waals surface area contributed by atoms with Crippen LogP contribution in [0.2, 0.25) is 0 Å². The van der Waals surface area contributed by atoms with Crippen LogP contribution >= 0.6 is 15.6 Å². The van der Waals surface area contributed by atoms with Gasteiger partial charge < -0.3 is 34.2 Å². The highest BCUT2D eigenvalue weighted by atomic mass is 31.2. The average molecular weight is 1430 g/mol. The van der Waals surface area contributed by atoms with Gasteiger partial charge in [0.1, 0.15) is 25.4 Å². The number of aliphatic hydroxyl groups excluding tert-OH is 2. The minimum Gasteiger partial charge on any atom is -0.463 e. The Morgan fingerprint density at radius 1 is 0.293 bits per heavy atom. The summed E-state index contributed by atoms with van der Waals surface area (Å²) < 4.78 is 61.0. The number of aliphatic hydroxyl groups is 2. The van der Waals surface area contributed by atoms with Crippen LogP contribution < -0.4 is 0 Å². The Labute approximate surface area is 602 Å². The van der Waals surface area contributed by atoms with Gasteiger partial charge in [-0.1, -0.05) is 290 Å². The SMILES string of the molecule is CC/C=C\C/C=C\C/C=C\C/C=C\C/C=C\CCCC(=O)OCC(COP(=O)(O)OCC(O)COP(=O)(O)OCC(O)COC(=O)CCCCCCCCCCCCCCCCC/C=C\C/C=C\C/C=C\C/C=C\CCCCC)OC(=O)CCCCCCC/C=C\CCCCCCCC. The van der Waals surface area contributed by atoms with E-state index in [1.165, 1.54) is 141 Å². The second kappa shape index (κ2) is 73.7. The third-order valence-corrected chi connectivity index (χ3v) is 18.0. The molecule has 0 aromatic carbocycles. The number of hydrogen-bond donors (Lipinski definition) is 4. The van der Waals surface area contributed by atoms with Crippen LogP contribution in [0.3, 0.4) is 0 Å².